The molecule has 0 unspecified atom stereocenters. The van der Waals surface area contributed by atoms with Gasteiger partial charge in [0.05, 0.1) is 0 Å². The van der Waals surface area contributed by atoms with E-state index in [1.807, 2.05) is 50.2 Å². The molecule has 0 radical (unpaired) electrons. The summed E-state index contributed by atoms with van der Waals surface area (Å²) < 4.78 is 5.74. The summed E-state index contributed by atoms with van der Waals surface area (Å²) in [7, 11) is 1.55. The second kappa shape index (κ2) is 9.42. The van der Waals surface area contributed by atoms with E-state index in [-0.39, 0.29) is 25.0 Å². The van der Waals surface area contributed by atoms with E-state index in [1.54, 1.807) is 20.0 Å². The lowest BCUT2D eigenvalue weighted by Crippen LogP contribution is -2.48. The normalized spacial score (nSPS) is 11.6. The molecule has 5 nitrogen and oxygen atoms in total. The Morgan fingerprint density at radius 3 is 2.52 bits per heavy atom. The Labute approximate surface area is 165 Å². The monoisotopic (exact) mass is 388 g/mol. The molecule has 0 aliphatic heterocycles. The number of amides is 2. The fourth-order valence-corrected chi connectivity index (χ4v) is 2.90. The van der Waals surface area contributed by atoms with Crippen LogP contribution in [0.1, 0.15) is 23.6 Å². The Kier molecular flexibility index (Phi) is 7.25. The van der Waals surface area contributed by atoms with Gasteiger partial charge in [-0.15, -0.1) is 0 Å². The van der Waals surface area contributed by atoms with Gasteiger partial charge in [-0.3, -0.25) is 9.59 Å². The third-order valence-corrected chi connectivity index (χ3v) is 4.99. The smallest absolute Gasteiger partial charge is 0.261 e. The molecule has 27 heavy (non-hydrogen) atoms. The number of hydrogen-bond acceptors (Lipinski definition) is 3. The van der Waals surface area contributed by atoms with Gasteiger partial charge < -0.3 is 15.0 Å². The van der Waals surface area contributed by atoms with E-state index in [1.165, 1.54) is 4.90 Å². The van der Waals surface area contributed by atoms with Crippen LogP contribution in [0.4, 0.5) is 0 Å². The Morgan fingerprint density at radius 2 is 1.85 bits per heavy atom. The molecular formula is C21H25ClN2O3. The zero-order valence-electron chi connectivity index (χ0n) is 16.1. The van der Waals surface area contributed by atoms with Crippen molar-refractivity contribution in [3.8, 4) is 5.75 Å². The lowest BCUT2D eigenvalue weighted by Gasteiger charge is -2.28. The number of halogens is 1. The highest BCUT2D eigenvalue weighted by Crippen LogP contribution is 2.22. The minimum absolute atomic E-state index is 0.157. The third-order valence-electron chi connectivity index (χ3n) is 4.62. The molecule has 0 spiro atoms. The average molecular weight is 389 g/mol. The number of rotatable bonds is 7. The fourth-order valence-electron chi connectivity index (χ4n) is 2.70. The highest BCUT2D eigenvalue weighted by atomic mass is 35.5. The van der Waals surface area contributed by atoms with Crippen LogP contribution in [0.15, 0.2) is 42.5 Å². The zero-order valence-corrected chi connectivity index (χ0v) is 16.8. The summed E-state index contributed by atoms with van der Waals surface area (Å²) in [5.41, 5.74) is 2.85. The molecule has 2 rings (SSSR count). The first-order valence-corrected chi connectivity index (χ1v) is 9.16. The summed E-state index contributed by atoms with van der Waals surface area (Å²) >= 11 is 6.23. The molecule has 1 N–H and O–H groups in total. The van der Waals surface area contributed by atoms with Crippen LogP contribution in [0.2, 0.25) is 5.02 Å². The molecule has 0 aromatic heterocycles. The van der Waals surface area contributed by atoms with Gasteiger partial charge in [-0.25, -0.2) is 0 Å². The molecule has 6 heteroatoms. The molecule has 0 saturated heterocycles. The topological polar surface area (TPSA) is 58.6 Å². The lowest BCUT2D eigenvalue weighted by molar-refractivity contribution is -0.142. The summed E-state index contributed by atoms with van der Waals surface area (Å²) in [6, 6.07) is 12.3. The van der Waals surface area contributed by atoms with Gasteiger partial charge >= 0.3 is 0 Å². The second-order valence-electron chi connectivity index (χ2n) is 6.39. The third kappa shape index (κ3) is 5.23. The van der Waals surface area contributed by atoms with Gasteiger partial charge in [-0.1, -0.05) is 41.9 Å². The summed E-state index contributed by atoms with van der Waals surface area (Å²) in [5.74, 6) is 0.128. The summed E-state index contributed by atoms with van der Waals surface area (Å²) in [4.78, 5) is 26.5. The number of nitrogens with zero attached hydrogens (tertiary/aromatic N) is 1. The van der Waals surface area contributed by atoms with Crippen LogP contribution in [0.5, 0.6) is 5.75 Å². The average Bonchev–Trinajstić information content (AvgIpc) is 2.67. The van der Waals surface area contributed by atoms with Gasteiger partial charge in [-0.05, 0) is 49.6 Å². The highest BCUT2D eigenvalue weighted by molar-refractivity contribution is 6.31. The molecule has 2 aromatic rings. The largest absolute Gasteiger partial charge is 0.483 e. The number of hydrogen-bond donors (Lipinski definition) is 1. The molecule has 2 aromatic carbocycles. The first kappa shape index (κ1) is 20.8. The van der Waals surface area contributed by atoms with Crippen molar-refractivity contribution in [1.82, 2.24) is 10.2 Å². The van der Waals surface area contributed by atoms with Crippen LogP contribution in [0.3, 0.4) is 0 Å². The molecule has 2 amide bonds. The van der Waals surface area contributed by atoms with Crippen molar-refractivity contribution in [2.75, 3.05) is 13.7 Å². The van der Waals surface area contributed by atoms with E-state index in [0.29, 0.717) is 10.8 Å². The molecule has 0 saturated carbocycles. The minimum Gasteiger partial charge on any atom is -0.483 e. The van der Waals surface area contributed by atoms with Crippen molar-refractivity contribution in [3.05, 3.63) is 64.2 Å². The maximum Gasteiger partial charge on any atom is 0.261 e. The maximum absolute atomic E-state index is 12.9. The first-order chi connectivity index (χ1) is 12.8. The van der Waals surface area contributed by atoms with E-state index in [0.717, 1.165) is 16.7 Å². The first-order valence-electron chi connectivity index (χ1n) is 8.78. The molecule has 0 bridgehead atoms. The lowest BCUT2D eigenvalue weighted by atomic mass is 10.1. The SMILES string of the molecule is CNC(=O)[C@H](C)N(Cc1ccccc1Cl)C(=O)COc1cccc(C)c1C. The van der Waals surface area contributed by atoms with E-state index >= 15 is 0 Å². The molecule has 1 atom stereocenters. The number of carbonyl (C=O) groups excluding carboxylic acids is 2. The molecular weight excluding hydrogens is 364 g/mol. The standard InChI is InChI=1S/C21H25ClN2O3/c1-14-8-7-11-19(15(14)2)27-13-20(25)24(16(3)21(26)23-4)12-17-9-5-6-10-18(17)22/h5-11,16H,12-13H2,1-4H3,(H,23,26)/t16-/m0/s1. The predicted octanol–water partition coefficient (Wildman–Crippen LogP) is 3.50. The number of likely N-dealkylation sites (N-methyl/N-ethyl adjacent to an activating group) is 1. The Balaban J connectivity index is 2.19. The molecule has 0 aliphatic rings. The Morgan fingerprint density at radius 1 is 1.15 bits per heavy atom. The summed E-state index contributed by atoms with van der Waals surface area (Å²) in [6.45, 7) is 5.69. The van der Waals surface area contributed by atoms with Crippen molar-refractivity contribution in [1.29, 1.82) is 0 Å². The van der Waals surface area contributed by atoms with Crippen LogP contribution in [0, 0.1) is 13.8 Å². The van der Waals surface area contributed by atoms with Gasteiger partial charge in [0.1, 0.15) is 11.8 Å². The Bertz CT molecular complexity index is 823. The summed E-state index contributed by atoms with van der Waals surface area (Å²) in [6.07, 6.45) is 0. The van der Waals surface area contributed by atoms with Gasteiger partial charge in [-0.2, -0.15) is 0 Å². The summed E-state index contributed by atoms with van der Waals surface area (Å²) in [5, 5.41) is 3.14. The number of benzene rings is 2. The van der Waals surface area contributed by atoms with Crippen LogP contribution in [-0.2, 0) is 16.1 Å². The zero-order chi connectivity index (χ0) is 20.0. The van der Waals surface area contributed by atoms with Crippen LogP contribution in [0.25, 0.3) is 0 Å². The highest BCUT2D eigenvalue weighted by Gasteiger charge is 2.26. The van der Waals surface area contributed by atoms with Crippen molar-refractivity contribution < 1.29 is 14.3 Å². The minimum atomic E-state index is -0.652. The van der Waals surface area contributed by atoms with Gasteiger partial charge in [0.2, 0.25) is 5.91 Å². The number of ether oxygens (including phenoxy) is 1. The van der Waals surface area contributed by atoms with Crippen molar-refractivity contribution in [2.45, 2.75) is 33.4 Å². The quantitative estimate of drug-likeness (QED) is 0.789. The molecule has 0 aliphatic carbocycles. The van der Waals surface area contributed by atoms with Crippen molar-refractivity contribution in [3.63, 3.8) is 0 Å². The van der Waals surface area contributed by atoms with Gasteiger partial charge in [0, 0.05) is 18.6 Å². The maximum atomic E-state index is 12.9. The van der Waals surface area contributed by atoms with Crippen LogP contribution in [-0.4, -0.2) is 36.4 Å². The van der Waals surface area contributed by atoms with Crippen LogP contribution < -0.4 is 10.1 Å². The van der Waals surface area contributed by atoms with E-state index in [2.05, 4.69) is 5.32 Å². The molecule has 0 fully saturated rings. The van der Waals surface area contributed by atoms with Gasteiger partial charge in [0.25, 0.3) is 5.91 Å². The number of aryl methyl sites for hydroxylation is 1. The van der Waals surface area contributed by atoms with E-state index in [9.17, 15) is 9.59 Å². The molecule has 144 valence electrons. The van der Waals surface area contributed by atoms with Crippen molar-refractivity contribution in [2.24, 2.45) is 0 Å². The van der Waals surface area contributed by atoms with Crippen LogP contribution >= 0.6 is 11.6 Å². The van der Waals surface area contributed by atoms with Crippen molar-refractivity contribution >= 4 is 23.4 Å². The second-order valence-corrected chi connectivity index (χ2v) is 6.80. The fraction of sp³-hybridized carbons (Fsp3) is 0.333. The Hall–Kier alpha value is -2.53. The van der Waals surface area contributed by atoms with Gasteiger partial charge in [0.15, 0.2) is 6.61 Å². The molecule has 0 heterocycles. The van der Waals surface area contributed by atoms with E-state index in [4.69, 9.17) is 16.3 Å². The predicted molar refractivity (Wildman–Crippen MR) is 107 cm³/mol. The van der Waals surface area contributed by atoms with E-state index < -0.39 is 6.04 Å². The number of carbonyl (C=O) groups is 2. The number of nitrogens with one attached hydrogen (secondary N) is 1.